The summed E-state index contributed by atoms with van der Waals surface area (Å²) in [6.07, 6.45) is 4.05. The monoisotopic (exact) mass is 347 g/mol. The van der Waals surface area contributed by atoms with E-state index in [0.717, 1.165) is 19.4 Å². The first kappa shape index (κ1) is 17.7. The molecule has 3 heterocycles. The Balaban J connectivity index is 1.73. The van der Waals surface area contributed by atoms with Crippen molar-refractivity contribution in [3.05, 3.63) is 34.2 Å². The number of pyridine rings is 1. The van der Waals surface area contributed by atoms with E-state index in [2.05, 4.69) is 0 Å². The minimum absolute atomic E-state index is 0.134. The van der Waals surface area contributed by atoms with Gasteiger partial charge in [-0.05, 0) is 25.3 Å². The minimum atomic E-state index is -0.471. The second-order valence-corrected chi connectivity index (χ2v) is 7.01. The van der Waals surface area contributed by atoms with Gasteiger partial charge in [-0.25, -0.2) is 0 Å². The molecule has 0 N–H and O–H groups in total. The van der Waals surface area contributed by atoms with Gasteiger partial charge in [-0.3, -0.25) is 14.4 Å². The van der Waals surface area contributed by atoms with Crippen molar-refractivity contribution in [3.8, 4) is 0 Å². The standard InChI is InChI=1S/C18H25N3O4/c1-19-8-4-14(12-15(19)22)16(23)21-9-6-18(13-21)5-3-7-20(17(18)24)10-11-25-2/h4,8,12H,3,5-7,9-11,13H2,1-2H3. The van der Waals surface area contributed by atoms with E-state index in [9.17, 15) is 14.4 Å². The van der Waals surface area contributed by atoms with Crippen LogP contribution in [0.25, 0.3) is 0 Å². The third-order valence-corrected chi connectivity index (χ3v) is 5.38. The first-order chi connectivity index (χ1) is 12.0. The van der Waals surface area contributed by atoms with Gasteiger partial charge < -0.3 is 19.1 Å². The van der Waals surface area contributed by atoms with Gasteiger partial charge >= 0.3 is 0 Å². The van der Waals surface area contributed by atoms with Crippen LogP contribution in [0.3, 0.4) is 0 Å². The van der Waals surface area contributed by atoms with E-state index in [1.165, 1.54) is 10.6 Å². The number of likely N-dealkylation sites (tertiary alicyclic amines) is 2. The highest BCUT2D eigenvalue weighted by Crippen LogP contribution is 2.40. The Morgan fingerprint density at radius 3 is 2.80 bits per heavy atom. The molecule has 1 spiro atoms. The second kappa shape index (κ2) is 7.00. The van der Waals surface area contributed by atoms with Crippen molar-refractivity contribution < 1.29 is 14.3 Å². The van der Waals surface area contributed by atoms with Gasteiger partial charge in [-0.15, -0.1) is 0 Å². The zero-order valence-electron chi connectivity index (χ0n) is 14.9. The fourth-order valence-corrected chi connectivity index (χ4v) is 3.86. The number of nitrogens with zero attached hydrogens (tertiary/aromatic N) is 3. The van der Waals surface area contributed by atoms with E-state index >= 15 is 0 Å². The van der Waals surface area contributed by atoms with Crippen LogP contribution >= 0.6 is 0 Å². The summed E-state index contributed by atoms with van der Waals surface area (Å²) in [5, 5.41) is 0. The Labute approximate surface area is 147 Å². The Hall–Kier alpha value is -2.15. The third-order valence-electron chi connectivity index (χ3n) is 5.38. The molecule has 2 fully saturated rings. The topological polar surface area (TPSA) is 71.8 Å². The van der Waals surface area contributed by atoms with Gasteiger partial charge in [-0.1, -0.05) is 0 Å². The van der Waals surface area contributed by atoms with E-state index in [1.54, 1.807) is 31.3 Å². The summed E-state index contributed by atoms with van der Waals surface area (Å²) in [6, 6.07) is 3.02. The van der Waals surface area contributed by atoms with E-state index in [-0.39, 0.29) is 17.4 Å². The highest BCUT2D eigenvalue weighted by Gasteiger charge is 2.49. The van der Waals surface area contributed by atoms with Crippen LogP contribution in [0.5, 0.6) is 0 Å². The third kappa shape index (κ3) is 3.33. The summed E-state index contributed by atoms with van der Waals surface area (Å²) in [6.45, 7) is 2.87. The molecular formula is C18H25N3O4. The van der Waals surface area contributed by atoms with Crippen molar-refractivity contribution in [1.82, 2.24) is 14.4 Å². The lowest BCUT2D eigenvalue weighted by atomic mass is 9.78. The average molecular weight is 347 g/mol. The fourth-order valence-electron chi connectivity index (χ4n) is 3.86. The first-order valence-corrected chi connectivity index (χ1v) is 8.71. The van der Waals surface area contributed by atoms with Crippen LogP contribution in [-0.4, -0.2) is 66.1 Å². The van der Waals surface area contributed by atoms with Gasteiger partial charge in [0.15, 0.2) is 0 Å². The number of carbonyl (C=O) groups excluding carboxylic acids is 2. The smallest absolute Gasteiger partial charge is 0.254 e. The van der Waals surface area contributed by atoms with Gasteiger partial charge in [-0.2, -0.15) is 0 Å². The van der Waals surface area contributed by atoms with Gasteiger partial charge in [0.05, 0.1) is 12.0 Å². The minimum Gasteiger partial charge on any atom is -0.383 e. The molecule has 1 aromatic heterocycles. The number of carbonyl (C=O) groups is 2. The van der Waals surface area contributed by atoms with Gasteiger partial charge in [0.1, 0.15) is 0 Å². The number of hydrogen-bond donors (Lipinski definition) is 0. The van der Waals surface area contributed by atoms with E-state index < -0.39 is 5.41 Å². The molecule has 7 heteroatoms. The summed E-state index contributed by atoms with van der Waals surface area (Å²) in [4.78, 5) is 41.0. The Morgan fingerprint density at radius 1 is 1.28 bits per heavy atom. The van der Waals surface area contributed by atoms with Crippen LogP contribution in [0.2, 0.25) is 0 Å². The molecule has 1 unspecified atom stereocenters. The summed E-state index contributed by atoms with van der Waals surface area (Å²) in [5.41, 5.74) is -0.291. The molecule has 3 rings (SSSR count). The van der Waals surface area contributed by atoms with E-state index in [0.29, 0.717) is 38.2 Å². The highest BCUT2D eigenvalue weighted by molar-refractivity contribution is 5.95. The molecule has 1 aromatic rings. The molecule has 2 aliphatic rings. The maximum absolute atomic E-state index is 12.9. The van der Waals surface area contributed by atoms with Crippen LogP contribution in [0.15, 0.2) is 23.1 Å². The predicted octanol–water partition coefficient (Wildman–Crippen LogP) is 0.486. The summed E-state index contributed by atoms with van der Waals surface area (Å²) >= 11 is 0. The number of aryl methyl sites for hydroxylation is 1. The molecule has 0 saturated carbocycles. The lowest BCUT2D eigenvalue weighted by Crippen LogP contribution is -2.51. The quantitative estimate of drug-likeness (QED) is 0.795. The van der Waals surface area contributed by atoms with Crippen molar-refractivity contribution in [3.63, 3.8) is 0 Å². The van der Waals surface area contributed by atoms with Crippen molar-refractivity contribution in [2.75, 3.05) is 39.9 Å². The molecular weight excluding hydrogens is 322 g/mol. The zero-order chi connectivity index (χ0) is 18.0. The largest absolute Gasteiger partial charge is 0.383 e. The van der Waals surface area contributed by atoms with Crippen LogP contribution in [0, 0.1) is 5.41 Å². The average Bonchev–Trinajstić information content (AvgIpc) is 3.03. The SMILES string of the molecule is COCCN1CCCC2(CCN(C(=O)c3ccn(C)c(=O)c3)C2)C1=O. The molecule has 0 radical (unpaired) electrons. The highest BCUT2D eigenvalue weighted by atomic mass is 16.5. The molecule has 0 aliphatic carbocycles. The van der Waals surface area contributed by atoms with Crippen molar-refractivity contribution in [2.24, 2.45) is 12.5 Å². The Kier molecular flexibility index (Phi) is 4.94. The number of hydrogen-bond acceptors (Lipinski definition) is 4. The van der Waals surface area contributed by atoms with Crippen LogP contribution < -0.4 is 5.56 Å². The number of rotatable bonds is 4. The second-order valence-electron chi connectivity index (χ2n) is 7.01. The van der Waals surface area contributed by atoms with Crippen LogP contribution in [0.1, 0.15) is 29.6 Å². The molecule has 0 bridgehead atoms. The number of amides is 2. The fraction of sp³-hybridized carbons (Fsp3) is 0.611. The normalized spacial score (nSPS) is 23.5. The molecule has 7 nitrogen and oxygen atoms in total. The number of methoxy groups -OCH3 is 1. The molecule has 25 heavy (non-hydrogen) atoms. The van der Waals surface area contributed by atoms with Gasteiger partial charge in [0.25, 0.3) is 11.5 Å². The summed E-state index contributed by atoms with van der Waals surface area (Å²) in [5.74, 6) is -0.0357. The lowest BCUT2D eigenvalue weighted by Gasteiger charge is -2.39. The first-order valence-electron chi connectivity index (χ1n) is 8.71. The van der Waals surface area contributed by atoms with Gasteiger partial charge in [0, 0.05) is 58.2 Å². The van der Waals surface area contributed by atoms with E-state index in [4.69, 9.17) is 4.74 Å². The lowest BCUT2D eigenvalue weighted by molar-refractivity contribution is -0.146. The maximum Gasteiger partial charge on any atom is 0.254 e. The van der Waals surface area contributed by atoms with E-state index in [1.807, 2.05) is 4.90 Å². The van der Waals surface area contributed by atoms with Gasteiger partial charge in [0.2, 0.25) is 5.91 Å². The Bertz CT molecular complexity index is 729. The maximum atomic E-state index is 12.9. The van der Waals surface area contributed by atoms with Crippen LogP contribution in [0.4, 0.5) is 0 Å². The van der Waals surface area contributed by atoms with Crippen LogP contribution in [-0.2, 0) is 16.6 Å². The molecule has 136 valence electrons. The molecule has 2 aliphatic heterocycles. The molecule has 1 atom stereocenters. The van der Waals surface area contributed by atoms with Crippen molar-refractivity contribution in [1.29, 1.82) is 0 Å². The summed E-state index contributed by atoms with van der Waals surface area (Å²) < 4.78 is 6.52. The Morgan fingerprint density at radius 2 is 2.08 bits per heavy atom. The molecule has 2 saturated heterocycles. The number of ether oxygens (including phenoxy) is 1. The molecule has 0 aromatic carbocycles. The predicted molar refractivity (Wildman–Crippen MR) is 92.3 cm³/mol. The number of aromatic nitrogens is 1. The van der Waals surface area contributed by atoms with Crippen molar-refractivity contribution in [2.45, 2.75) is 19.3 Å². The van der Waals surface area contributed by atoms with Crippen molar-refractivity contribution >= 4 is 11.8 Å². The summed E-state index contributed by atoms with van der Waals surface area (Å²) in [7, 11) is 3.28. The number of piperidine rings is 1. The molecule has 2 amide bonds. The zero-order valence-corrected chi connectivity index (χ0v) is 14.9.